The fourth-order valence-corrected chi connectivity index (χ4v) is 6.17. The molecule has 0 radical (unpaired) electrons. The molecule has 2 aliphatic rings. The molecule has 5 rings (SSSR count). The number of carbonyl (C=O) groups excluding carboxylic acids is 2. The average molecular weight is 634 g/mol. The summed E-state index contributed by atoms with van der Waals surface area (Å²) in [6.45, 7) is 9.19. The zero-order valence-corrected chi connectivity index (χ0v) is 26.7. The molecule has 2 saturated heterocycles. The molecular weight excluding hydrogens is 594 g/mol. The van der Waals surface area contributed by atoms with Crippen LogP contribution < -0.4 is 15.0 Å². The molecule has 8 nitrogen and oxygen atoms in total. The first-order valence-electron chi connectivity index (χ1n) is 15.3. The molecule has 3 aromatic rings. The number of carbonyl (C=O) groups is 2. The van der Waals surface area contributed by atoms with Gasteiger partial charge < -0.3 is 19.9 Å². The Bertz CT molecular complexity index is 1400. The van der Waals surface area contributed by atoms with Crippen LogP contribution in [0.4, 0.5) is 11.4 Å². The van der Waals surface area contributed by atoms with Gasteiger partial charge in [0.05, 0.1) is 18.7 Å². The number of rotatable bonds is 13. The third-order valence-electron chi connectivity index (χ3n) is 7.98. The van der Waals surface area contributed by atoms with Gasteiger partial charge >= 0.3 is 0 Å². The minimum atomic E-state index is -0.687. The van der Waals surface area contributed by atoms with Crippen LogP contribution in [-0.2, 0) is 16.1 Å². The summed E-state index contributed by atoms with van der Waals surface area (Å²) in [5.74, 6) is 0.305. The maximum Gasteiger partial charge on any atom is 0.256 e. The molecule has 1 unspecified atom stereocenters. The van der Waals surface area contributed by atoms with E-state index in [4.69, 9.17) is 28.6 Å². The second kappa shape index (κ2) is 15.5. The fraction of sp³-hybridized carbons (Fsp3) is 0.382. The van der Waals surface area contributed by atoms with E-state index in [9.17, 15) is 9.59 Å². The van der Waals surface area contributed by atoms with Gasteiger partial charge in [0.15, 0.2) is 5.11 Å². The van der Waals surface area contributed by atoms with E-state index in [-0.39, 0.29) is 18.2 Å². The van der Waals surface area contributed by atoms with E-state index in [2.05, 4.69) is 52.4 Å². The summed E-state index contributed by atoms with van der Waals surface area (Å²) >= 11 is 11.9. The molecule has 0 saturated carbocycles. The molecular formula is C34H40ClN5O3S. The van der Waals surface area contributed by atoms with Crippen molar-refractivity contribution in [1.82, 2.24) is 14.7 Å². The minimum absolute atomic E-state index is 0.00465. The molecule has 2 heterocycles. The third kappa shape index (κ3) is 8.35. The summed E-state index contributed by atoms with van der Waals surface area (Å²) in [6.07, 6.45) is 1.75. The van der Waals surface area contributed by atoms with Crippen LogP contribution in [0.5, 0.6) is 5.75 Å². The average Bonchev–Trinajstić information content (AvgIpc) is 3.26. The van der Waals surface area contributed by atoms with Crippen molar-refractivity contribution in [1.29, 1.82) is 0 Å². The topological polar surface area (TPSA) is 68.4 Å². The summed E-state index contributed by atoms with van der Waals surface area (Å²) in [5.41, 5.74) is 2.64. The highest BCUT2D eigenvalue weighted by Gasteiger charge is 2.44. The first-order valence-corrected chi connectivity index (χ1v) is 16.1. The number of nitrogens with one attached hydrogen (secondary N) is 1. The Morgan fingerprint density at radius 3 is 2.30 bits per heavy atom. The summed E-state index contributed by atoms with van der Waals surface area (Å²) in [5, 5.41) is 3.93. The first kappa shape index (κ1) is 31.9. The second-order valence-electron chi connectivity index (χ2n) is 11.2. The van der Waals surface area contributed by atoms with E-state index in [0.717, 1.165) is 57.9 Å². The Balaban J connectivity index is 1.19. The highest BCUT2D eigenvalue weighted by molar-refractivity contribution is 7.80. The van der Waals surface area contributed by atoms with Crippen LogP contribution in [0, 0.1) is 0 Å². The van der Waals surface area contributed by atoms with Gasteiger partial charge in [0.2, 0.25) is 5.91 Å². The van der Waals surface area contributed by atoms with Crippen molar-refractivity contribution in [2.75, 3.05) is 56.1 Å². The quantitative estimate of drug-likeness (QED) is 0.243. The van der Waals surface area contributed by atoms with E-state index in [1.165, 1.54) is 10.5 Å². The van der Waals surface area contributed by atoms with Gasteiger partial charge in [0, 0.05) is 50.0 Å². The summed E-state index contributed by atoms with van der Waals surface area (Å²) in [7, 11) is 0. The van der Waals surface area contributed by atoms with Gasteiger partial charge in [-0.1, -0.05) is 48.9 Å². The molecule has 1 N–H and O–H groups in total. The zero-order valence-electron chi connectivity index (χ0n) is 25.2. The lowest BCUT2D eigenvalue weighted by Gasteiger charge is -2.35. The Morgan fingerprint density at radius 2 is 1.61 bits per heavy atom. The van der Waals surface area contributed by atoms with E-state index in [1.807, 2.05) is 17.0 Å². The molecule has 0 bridgehead atoms. The number of hydrogen-bond acceptors (Lipinski definition) is 6. The molecule has 2 amide bonds. The molecule has 3 aromatic carbocycles. The molecule has 2 fully saturated rings. The van der Waals surface area contributed by atoms with Gasteiger partial charge in [-0.05, 0) is 85.7 Å². The first-order chi connectivity index (χ1) is 21.4. The predicted octanol–water partition coefficient (Wildman–Crippen LogP) is 5.67. The number of ether oxygens (including phenoxy) is 1. The van der Waals surface area contributed by atoms with Crippen LogP contribution in [0.3, 0.4) is 0 Å². The number of hydrogen-bond donors (Lipinski definition) is 1. The third-order valence-corrected chi connectivity index (χ3v) is 8.65. The van der Waals surface area contributed by atoms with Crippen molar-refractivity contribution >= 4 is 52.1 Å². The maximum atomic E-state index is 13.7. The van der Waals surface area contributed by atoms with Crippen molar-refractivity contribution in [3.8, 4) is 5.75 Å². The fourth-order valence-electron chi connectivity index (χ4n) is 5.63. The van der Waals surface area contributed by atoms with Crippen molar-refractivity contribution in [2.45, 2.75) is 38.8 Å². The van der Waals surface area contributed by atoms with Crippen LogP contribution in [0.2, 0.25) is 5.02 Å². The van der Waals surface area contributed by atoms with E-state index in [1.54, 1.807) is 36.4 Å². The lowest BCUT2D eigenvalue weighted by Crippen LogP contribution is -2.47. The van der Waals surface area contributed by atoms with Crippen molar-refractivity contribution in [2.24, 2.45) is 0 Å². The van der Waals surface area contributed by atoms with Crippen LogP contribution in [0.15, 0.2) is 78.9 Å². The molecule has 44 heavy (non-hydrogen) atoms. The maximum absolute atomic E-state index is 13.7. The number of halogens is 1. The summed E-state index contributed by atoms with van der Waals surface area (Å²) in [4.78, 5) is 35.3. The van der Waals surface area contributed by atoms with Gasteiger partial charge in [-0.25, -0.2) is 0 Å². The van der Waals surface area contributed by atoms with Crippen molar-refractivity contribution in [3.63, 3.8) is 0 Å². The number of thiocarbonyl (C=S) groups is 1. The lowest BCUT2D eigenvalue weighted by molar-refractivity contribution is -0.124. The predicted molar refractivity (Wildman–Crippen MR) is 180 cm³/mol. The monoisotopic (exact) mass is 633 g/mol. The standard InChI is InChI=1S/C34H40ClN5O3S/c1-2-23-43-30-15-11-28(12-16-30)36-32(41)24-31-33(42)40(29-13-9-27(35)10-14-29)34(44)39(31)18-6-17-37-19-21-38(22-20-37)25-26-7-4-3-5-8-26/h3-5,7-16,31H,2,6,17-25H2,1H3,(H,36,41). The van der Waals surface area contributed by atoms with Crippen LogP contribution in [0.25, 0.3) is 0 Å². The molecule has 0 spiro atoms. The van der Waals surface area contributed by atoms with Crippen LogP contribution >= 0.6 is 23.8 Å². The number of piperazine rings is 1. The Morgan fingerprint density at radius 1 is 0.932 bits per heavy atom. The molecule has 2 aliphatic heterocycles. The van der Waals surface area contributed by atoms with Crippen LogP contribution in [-0.4, -0.2) is 83.5 Å². The number of anilines is 2. The molecule has 0 aromatic heterocycles. The zero-order chi connectivity index (χ0) is 30.9. The lowest BCUT2D eigenvalue weighted by atomic mass is 10.1. The van der Waals surface area contributed by atoms with Gasteiger partial charge in [0.25, 0.3) is 5.91 Å². The number of benzene rings is 3. The SMILES string of the molecule is CCCOc1ccc(NC(=O)CC2C(=O)N(c3ccc(Cl)cc3)C(=S)N2CCCN2CCN(Cc3ccccc3)CC2)cc1. The molecule has 10 heteroatoms. The summed E-state index contributed by atoms with van der Waals surface area (Å²) in [6, 6.07) is 24.2. The van der Waals surface area contributed by atoms with Gasteiger partial charge in [-0.2, -0.15) is 0 Å². The second-order valence-corrected chi connectivity index (χ2v) is 12.0. The van der Waals surface area contributed by atoms with Crippen molar-refractivity contribution in [3.05, 3.63) is 89.4 Å². The van der Waals surface area contributed by atoms with E-state index < -0.39 is 6.04 Å². The van der Waals surface area contributed by atoms with E-state index in [0.29, 0.717) is 34.7 Å². The van der Waals surface area contributed by atoms with Gasteiger partial charge in [0.1, 0.15) is 11.8 Å². The minimum Gasteiger partial charge on any atom is -0.494 e. The molecule has 0 aliphatic carbocycles. The Kier molecular flexibility index (Phi) is 11.2. The molecule has 1 atom stereocenters. The smallest absolute Gasteiger partial charge is 0.256 e. The van der Waals surface area contributed by atoms with E-state index >= 15 is 0 Å². The largest absolute Gasteiger partial charge is 0.494 e. The highest BCUT2D eigenvalue weighted by atomic mass is 35.5. The highest BCUT2D eigenvalue weighted by Crippen LogP contribution is 2.29. The Hall–Kier alpha value is -3.50. The van der Waals surface area contributed by atoms with Gasteiger partial charge in [-0.15, -0.1) is 0 Å². The number of amides is 2. The normalized spacial score (nSPS) is 17.7. The molecule has 232 valence electrons. The number of nitrogens with zero attached hydrogens (tertiary/aromatic N) is 4. The van der Waals surface area contributed by atoms with Crippen molar-refractivity contribution < 1.29 is 14.3 Å². The summed E-state index contributed by atoms with van der Waals surface area (Å²) < 4.78 is 5.64. The van der Waals surface area contributed by atoms with Crippen LogP contribution in [0.1, 0.15) is 31.7 Å². The van der Waals surface area contributed by atoms with Gasteiger partial charge in [-0.3, -0.25) is 19.4 Å². The Labute approximate surface area is 270 Å².